The highest BCUT2D eigenvalue weighted by Gasteiger charge is 2.47. The molecule has 3 aromatic rings. The summed E-state index contributed by atoms with van der Waals surface area (Å²) in [7, 11) is 0. The first-order valence-corrected chi connectivity index (χ1v) is 16.0. The molecule has 0 N–H and O–H groups in total. The van der Waals surface area contributed by atoms with Gasteiger partial charge in [-0.2, -0.15) is 5.26 Å². The fraction of sp³-hybridized carbons (Fsp3) is 0.364. The first-order chi connectivity index (χ1) is 21.5. The first kappa shape index (κ1) is 32.8. The zero-order valence-corrected chi connectivity index (χ0v) is 27.1. The maximum Gasteiger partial charge on any atom is 0.303 e. The van der Waals surface area contributed by atoms with E-state index in [2.05, 4.69) is 18.2 Å². The largest absolute Gasteiger partial charge is 0.456 e. The first-order valence-electron chi connectivity index (χ1n) is 14.4. The molecule has 0 bridgehead atoms. The van der Waals surface area contributed by atoms with Crippen molar-refractivity contribution < 1.29 is 33.3 Å². The van der Waals surface area contributed by atoms with Gasteiger partial charge in [-0.25, -0.2) is 4.98 Å². The Balaban J connectivity index is 1.63. The minimum Gasteiger partial charge on any atom is -0.456 e. The van der Waals surface area contributed by atoms with E-state index in [9.17, 15) is 19.6 Å². The van der Waals surface area contributed by atoms with Crippen LogP contribution in [0.25, 0.3) is 22.4 Å². The van der Waals surface area contributed by atoms with E-state index in [-0.39, 0.29) is 17.2 Å². The molecule has 9 nitrogen and oxygen atoms in total. The highest BCUT2D eigenvalue weighted by atomic mass is 35.5. The number of carbonyl (C=O) groups is 3. The van der Waals surface area contributed by atoms with Crippen LogP contribution >= 0.6 is 35.0 Å². The molecule has 45 heavy (non-hydrogen) atoms. The number of fused-ring (bicyclic) bond motifs is 1. The summed E-state index contributed by atoms with van der Waals surface area (Å²) in [4.78, 5) is 41.0. The van der Waals surface area contributed by atoms with Gasteiger partial charge in [0.15, 0.2) is 18.3 Å². The second-order valence-electron chi connectivity index (χ2n) is 10.8. The zero-order valence-electron chi connectivity index (χ0n) is 24.8. The smallest absolute Gasteiger partial charge is 0.303 e. The van der Waals surface area contributed by atoms with Gasteiger partial charge in [-0.3, -0.25) is 14.4 Å². The number of carbonyl (C=O) groups excluding carboxylic acids is 3. The van der Waals surface area contributed by atoms with Gasteiger partial charge in [-0.15, -0.1) is 0 Å². The Labute approximate surface area is 275 Å². The van der Waals surface area contributed by atoms with Crippen molar-refractivity contribution in [3.8, 4) is 28.5 Å². The van der Waals surface area contributed by atoms with Gasteiger partial charge in [0.1, 0.15) is 16.5 Å². The van der Waals surface area contributed by atoms with Crippen LogP contribution in [0.4, 0.5) is 0 Å². The molecule has 1 aliphatic heterocycles. The van der Waals surface area contributed by atoms with Crippen molar-refractivity contribution in [2.24, 2.45) is 0 Å². The SMILES string of the molecule is CC(=O)O[C@@H]1[C@@H](OC(C)=O)[C@H](Sc2nc(-c3ccc4c(c3)CCCC4)cc(-c3ccc(Cl)cc3Cl)c2C#N)OC[C@@H]1OC(C)=O. The lowest BCUT2D eigenvalue weighted by Gasteiger charge is -2.40. The van der Waals surface area contributed by atoms with E-state index in [0.29, 0.717) is 26.9 Å². The third-order valence-corrected chi connectivity index (χ3v) is 9.20. The molecule has 1 aliphatic carbocycles. The predicted molar refractivity (Wildman–Crippen MR) is 169 cm³/mol. The van der Waals surface area contributed by atoms with Crippen LogP contribution in [-0.2, 0) is 46.2 Å². The van der Waals surface area contributed by atoms with Crippen molar-refractivity contribution in [3.05, 3.63) is 69.2 Å². The summed E-state index contributed by atoms with van der Waals surface area (Å²) in [6.45, 7) is 3.46. The topological polar surface area (TPSA) is 125 Å². The lowest BCUT2D eigenvalue weighted by Crippen LogP contribution is -2.56. The number of aryl methyl sites for hydroxylation is 2. The Kier molecular flexibility index (Phi) is 10.3. The molecule has 0 saturated carbocycles. The average Bonchev–Trinajstić information content (AvgIpc) is 2.98. The summed E-state index contributed by atoms with van der Waals surface area (Å²) in [5, 5.41) is 11.5. The van der Waals surface area contributed by atoms with E-state index in [1.54, 1.807) is 18.2 Å². The van der Waals surface area contributed by atoms with Crippen LogP contribution in [0.15, 0.2) is 47.5 Å². The summed E-state index contributed by atoms with van der Waals surface area (Å²) in [6.07, 6.45) is 0.868. The Hall–Kier alpha value is -3.62. The Bertz CT molecular complexity index is 1690. The molecule has 1 fully saturated rings. The minimum absolute atomic E-state index is 0.158. The molecule has 12 heteroatoms. The number of rotatable bonds is 7. The molecule has 0 unspecified atom stereocenters. The summed E-state index contributed by atoms with van der Waals surface area (Å²) in [5.74, 6) is -1.95. The lowest BCUT2D eigenvalue weighted by atomic mass is 9.89. The summed E-state index contributed by atoms with van der Waals surface area (Å²) < 4.78 is 22.5. The van der Waals surface area contributed by atoms with Crippen molar-refractivity contribution in [1.82, 2.24) is 4.98 Å². The number of thioether (sulfide) groups is 1. The Morgan fingerprint density at radius 1 is 0.889 bits per heavy atom. The van der Waals surface area contributed by atoms with E-state index < -0.39 is 41.7 Å². The van der Waals surface area contributed by atoms with Crippen LogP contribution < -0.4 is 0 Å². The number of hydrogen-bond donors (Lipinski definition) is 0. The van der Waals surface area contributed by atoms with Crippen molar-refractivity contribution in [3.63, 3.8) is 0 Å². The number of pyridine rings is 1. The van der Waals surface area contributed by atoms with Crippen LogP contribution in [0.3, 0.4) is 0 Å². The molecule has 2 heterocycles. The van der Waals surface area contributed by atoms with Gasteiger partial charge in [0.2, 0.25) is 0 Å². The maximum atomic E-state index is 12.2. The monoisotopic (exact) mass is 668 g/mol. The van der Waals surface area contributed by atoms with Crippen LogP contribution in [0.5, 0.6) is 0 Å². The van der Waals surface area contributed by atoms with Gasteiger partial charge in [0, 0.05) is 47.5 Å². The highest BCUT2D eigenvalue weighted by molar-refractivity contribution is 7.99. The second-order valence-corrected chi connectivity index (χ2v) is 12.7. The standard InChI is InChI=1S/C33H30Cl2N2O7S/c1-17(38)42-29-16-41-33(31(44-19(3)40)30(29)43-18(2)39)45-32-26(15-36)25(24-11-10-23(34)13-27(24)35)14-28(37-32)22-9-8-20-6-4-5-7-21(20)12-22/h8-14,29-31,33H,4-7,16H2,1-3H3/t29-,30-,31+,33-/m0/s1. The molecule has 0 radical (unpaired) electrons. The van der Waals surface area contributed by atoms with Crippen LogP contribution in [-0.4, -0.2) is 53.2 Å². The minimum atomic E-state index is -1.20. The van der Waals surface area contributed by atoms with Gasteiger partial charge in [-0.05, 0) is 61.1 Å². The second kappa shape index (κ2) is 14.2. The quantitative estimate of drug-likeness (QED) is 0.198. The maximum absolute atomic E-state index is 12.2. The Morgan fingerprint density at radius 2 is 1.58 bits per heavy atom. The third kappa shape index (κ3) is 7.61. The summed E-state index contributed by atoms with van der Waals surface area (Å²) in [5.41, 5.74) is 4.36. The van der Waals surface area contributed by atoms with E-state index in [4.69, 9.17) is 47.1 Å². The number of esters is 3. The van der Waals surface area contributed by atoms with Crippen LogP contribution in [0.2, 0.25) is 10.0 Å². The molecule has 4 atom stereocenters. The number of nitrogens with zero attached hydrogens (tertiary/aromatic N) is 2. The van der Waals surface area contributed by atoms with Gasteiger partial charge >= 0.3 is 17.9 Å². The van der Waals surface area contributed by atoms with Crippen molar-refractivity contribution in [1.29, 1.82) is 5.26 Å². The van der Waals surface area contributed by atoms with Gasteiger partial charge in [-0.1, -0.05) is 53.2 Å². The molecule has 2 aliphatic rings. The van der Waals surface area contributed by atoms with Gasteiger partial charge in [0.05, 0.1) is 17.9 Å². The van der Waals surface area contributed by atoms with Crippen LogP contribution in [0.1, 0.15) is 50.3 Å². The number of nitriles is 1. The molecule has 234 valence electrons. The number of hydrogen-bond acceptors (Lipinski definition) is 10. The molecule has 1 saturated heterocycles. The van der Waals surface area contributed by atoms with Crippen molar-refractivity contribution in [2.75, 3.05) is 6.61 Å². The molecular weight excluding hydrogens is 639 g/mol. The van der Waals surface area contributed by atoms with E-state index >= 15 is 0 Å². The molecule has 0 amide bonds. The predicted octanol–water partition coefficient (Wildman–Crippen LogP) is 6.72. The van der Waals surface area contributed by atoms with Gasteiger partial charge in [0.25, 0.3) is 0 Å². The number of benzene rings is 2. The van der Waals surface area contributed by atoms with E-state index in [0.717, 1.165) is 43.0 Å². The number of ether oxygens (including phenoxy) is 4. The van der Waals surface area contributed by atoms with Crippen LogP contribution in [0, 0.1) is 11.3 Å². The van der Waals surface area contributed by atoms with Gasteiger partial charge < -0.3 is 18.9 Å². The average molecular weight is 670 g/mol. The molecular formula is C33H30Cl2N2O7S. The fourth-order valence-corrected chi connectivity index (χ4v) is 7.24. The number of aromatic nitrogens is 1. The molecule has 5 rings (SSSR count). The third-order valence-electron chi connectivity index (χ3n) is 7.50. The summed E-state index contributed by atoms with van der Waals surface area (Å²) in [6, 6.07) is 15.4. The number of halogens is 2. The van der Waals surface area contributed by atoms with E-state index in [1.165, 1.54) is 31.9 Å². The molecule has 1 aromatic heterocycles. The lowest BCUT2D eigenvalue weighted by molar-refractivity contribution is -0.213. The summed E-state index contributed by atoms with van der Waals surface area (Å²) >= 11 is 13.9. The van der Waals surface area contributed by atoms with E-state index in [1.807, 2.05) is 12.1 Å². The Morgan fingerprint density at radius 3 is 2.24 bits per heavy atom. The van der Waals surface area contributed by atoms with Crippen molar-refractivity contribution >= 4 is 52.9 Å². The zero-order chi connectivity index (χ0) is 32.2. The normalized spacial score (nSPS) is 20.8. The molecule has 2 aromatic carbocycles. The molecule has 0 spiro atoms. The fourth-order valence-electron chi connectivity index (χ4n) is 5.60. The van der Waals surface area contributed by atoms with Crippen molar-refractivity contribution in [2.45, 2.75) is 75.2 Å². The highest BCUT2D eigenvalue weighted by Crippen LogP contribution is 2.42.